The first-order valence-corrected chi connectivity index (χ1v) is 6.44. The molecule has 0 aliphatic carbocycles. The Labute approximate surface area is 110 Å². The second-order valence-corrected chi connectivity index (χ2v) is 4.44. The fraction of sp³-hybridized carbons (Fsp3) is 0.467. The van der Waals surface area contributed by atoms with Crippen LogP contribution in [-0.2, 0) is 4.74 Å². The Balaban J connectivity index is 1.94. The number of hydrogen-bond donors (Lipinski definition) is 1. The molecule has 0 radical (unpaired) electrons. The summed E-state index contributed by atoms with van der Waals surface area (Å²) in [5.41, 5.74) is 1.21. The summed E-state index contributed by atoms with van der Waals surface area (Å²) in [5.74, 6) is 0. The molecule has 3 heteroatoms. The number of rotatable bonds is 9. The third-order valence-corrected chi connectivity index (χ3v) is 2.48. The smallest absolute Gasteiger partial charge is 0.0651 e. The van der Waals surface area contributed by atoms with Crippen molar-refractivity contribution in [2.45, 2.75) is 0 Å². The van der Waals surface area contributed by atoms with Crippen molar-refractivity contribution in [2.24, 2.45) is 0 Å². The first-order chi connectivity index (χ1) is 8.79. The molecule has 1 rings (SSSR count). The summed E-state index contributed by atoms with van der Waals surface area (Å²) in [4.78, 5) is 2.16. The number of nitrogens with zero attached hydrogens (tertiary/aromatic N) is 1. The molecular formula is C15H24N2O. The van der Waals surface area contributed by atoms with Crippen molar-refractivity contribution < 1.29 is 4.74 Å². The summed E-state index contributed by atoms with van der Waals surface area (Å²) in [7, 11) is 4.15. The molecule has 100 valence electrons. The third kappa shape index (κ3) is 8.01. The Bertz CT molecular complexity index is 323. The lowest BCUT2D eigenvalue weighted by Crippen LogP contribution is -2.28. The Kier molecular flexibility index (Phi) is 8.13. The fourth-order valence-electron chi connectivity index (χ4n) is 1.47. The predicted octanol–water partition coefficient (Wildman–Crippen LogP) is 1.87. The third-order valence-electron chi connectivity index (χ3n) is 2.48. The lowest BCUT2D eigenvalue weighted by atomic mass is 10.2. The van der Waals surface area contributed by atoms with Gasteiger partial charge in [-0.25, -0.2) is 0 Å². The van der Waals surface area contributed by atoms with E-state index in [9.17, 15) is 0 Å². The summed E-state index contributed by atoms with van der Waals surface area (Å²) >= 11 is 0. The van der Waals surface area contributed by atoms with Crippen LogP contribution in [0.4, 0.5) is 0 Å². The largest absolute Gasteiger partial charge is 0.376 e. The van der Waals surface area contributed by atoms with E-state index in [1.807, 2.05) is 18.2 Å². The van der Waals surface area contributed by atoms with E-state index in [-0.39, 0.29) is 0 Å². The molecule has 18 heavy (non-hydrogen) atoms. The van der Waals surface area contributed by atoms with Gasteiger partial charge in [0.15, 0.2) is 0 Å². The summed E-state index contributed by atoms with van der Waals surface area (Å²) in [5, 5.41) is 3.33. The molecule has 1 aromatic carbocycles. The number of nitrogens with one attached hydrogen (secondary N) is 1. The van der Waals surface area contributed by atoms with Crippen LogP contribution in [0.25, 0.3) is 6.08 Å². The van der Waals surface area contributed by atoms with E-state index in [4.69, 9.17) is 4.74 Å². The molecule has 0 aliphatic rings. The zero-order valence-electron chi connectivity index (χ0n) is 11.4. The van der Waals surface area contributed by atoms with E-state index in [2.05, 4.69) is 48.6 Å². The highest BCUT2D eigenvalue weighted by Gasteiger charge is 1.90. The minimum Gasteiger partial charge on any atom is -0.376 e. The maximum Gasteiger partial charge on any atom is 0.0651 e. The average Bonchev–Trinajstić information content (AvgIpc) is 2.37. The van der Waals surface area contributed by atoms with E-state index >= 15 is 0 Å². The minimum atomic E-state index is 0.671. The van der Waals surface area contributed by atoms with Crippen molar-refractivity contribution in [1.82, 2.24) is 10.2 Å². The number of likely N-dealkylation sites (N-methyl/N-ethyl adjacent to an activating group) is 1. The quantitative estimate of drug-likeness (QED) is 0.675. The molecule has 3 nitrogen and oxygen atoms in total. The van der Waals surface area contributed by atoms with Gasteiger partial charge in [0.05, 0.1) is 13.2 Å². The second-order valence-electron chi connectivity index (χ2n) is 4.44. The van der Waals surface area contributed by atoms with Gasteiger partial charge in [0, 0.05) is 19.6 Å². The van der Waals surface area contributed by atoms with E-state index < -0.39 is 0 Å². The summed E-state index contributed by atoms with van der Waals surface area (Å²) in [6.07, 6.45) is 4.13. The van der Waals surface area contributed by atoms with Crippen LogP contribution in [0.2, 0.25) is 0 Å². The molecule has 0 spiro atoms. The van der Waals surface area contributed by atoms with Gasteiger partial charge in [-0.05, 0) is 19.7 Å². The molecule has 0 aliphatic heterocycles. The first-order valence-electron chi connectivity index (χ1n) is 6.44. The highest BCUT2D eigenvalue weighted by atomic mass is 16.5. The van der Waals surface area contributed by atoms with Crippen molar-refractivity contribution in [2.75, 3.05) is 46.9 Å². The Morgan fingerprint density at radius 2 is 1.94 bits per heavy atom. The van der Waals surface area contributed by atoms with E-state index in [1.54, 1.807) is 0 Å². The molecule has 0 unspecified atom stereocenters. The minimum absolute atomic E-state index is 0.671. The van der Waals surface area contributed by atoms with Gasteiger partial charge in [0.25, 0.3) is 0 Å². The first kappa shape index (κ1) is 14.9. The summed E-state index contributed by atoms with van der Waals surface area (Å²) in [6, 6.07) is 10.3. The van der Waals surface area contributed by atoms with E-state index in [1.165, 1.54) is 5.56 Å². The van der Waals surface area contributed by atoms with Gasteiger partial charge >= 0.3 is 0 Å². The van der Waals surface area contributed by atoms with Crippen LogP contribution in [0, 0.1) is 0 Å². The van der Waals surface area contributed by atoms with Crippen molar-refractivity contribution in [3.63, 3.8) is 0 Å². The normalized spacial score (nSPS) is 11.5. The van der Waals surface area contributed by atoms with Crippen molar-refractivity contribution >= 4 is 6.08 Å². The summed E-state index contributed by atoms with van der Waals surface area (Å²) in [6.45, 7) is 4.41. The summed E-state index contributed by atoms with van der Waals surface area (Å²) < 4.78 is 5.50. The van der Waals surface area contributed by atoms with Gasteiger partial charge in [-0.3, -0.25) is 0 Å². The van der Waals surface area contributed by atoms with Crippen LogP contribution in [0.3, 0.4) is 0 Å². The number of hydrogen-bond acceptors (Lipinski definition) is 3. The highest BCUT2D eigenvalue weighted by Crippen LogP contribution is 2.00. The SMILES string of the molecule is CN(C)CCNCCOC/C=C/c1ccccc1. The van der Waals surface area contributed by atoms with Crippen LogP contribution < -0.4 is 5.32 Å². The monoisotopic (exact) mass is 248 g/mol. The van der Waals surface area contributed by atoms with Gasteiger partial charge in [-0.15, -0.1) is 0 Å². The molecular weight excluding hydrogens is 224 g/mol. The predicted molar refractivity (Wildman–Crippen MR) is 77.7 cm³/mol. The van der Waals surface area contributed by atoms with Gasteiger partial charge < -0.3 is 15.0 Å². The van der Waals surface area contributed by atoms with Crippen LogP contribution in [0.15, 0.2) is 36.4 Å². The maximum absolute atomic E-state index is 5.50. The van der Waals surface area contributed by atoms with Crippen LogP contribution in [0.1, 0.15) is 5.56 Å². The Morgan fingerprint density at radius 1 is 1.17 bits per heavy atom. The molecule has 0 fully saturated rings. The van der Waals surface area contributed by atoms with Crippen molar-refractivity contribution in [1.29, 1.82) is 0 Å². The molecule has 1 aromatic rings. The molecule has 0 atom stereocenters. The molecule has 0 amide bonds. The standard InChI is InChI=1S/C15H24N2O/c1-17(2)12-10-16-11-14-18-13-6-9-15-7-4-3-5-8-15/h3-9,16H,10-14H2,1-2H3/b9-6+. The molecule has 0 saturated heterocycles. The van der Waals surface area contributed by atoms with Gasteiger partial charge in [0.1, 0.15) is 0 Å². The topological polar surface area (TPSA) is 24.5 Å². The Morgan fingerprint density at radius 3 is 2.67 bits per heavy atom. The van der Waals surface area contributed by atoms with Crippen molar-refractivity contribution in [3.8, 4) is 0 Å². The zero-order chi connectivity index (χ0) is 13.1. The van der Waals surface area contributed by atoms with Crippen molar-refractivity contribution in [3.05, 3.63) is 42.0 Å². The second kappa shape index (κ2) is 9.83. The average molecular weight is 248 g/mol. The molecule has 1 N–H and O–H groups in total. The number of ether oxygens (including phenoxy) is 1. The van der Waals surface area contributed by atoms with Gasteiger partial charge in [0.2, 0.25) is 0 Å². The Hall–Kier alpha value is -1.16. The highest BCUT2D eigenvalue weighted by molar-refractivity contribution is 5.48. The molecule has 0 aromatic heterocycles. The maximum atomic E-state index is 5.50. The lowest BCUT2D eigenvalue weighted by Gasteiger charge is -2.09. The molecule has 0 bridgehead atoms. The number of benzene rings is 1. The van der Waals surface area contributed by atoms with Gasteiger partial charge in [-0.2, -0.15) is 0 Å². The van der Waals surface area contributed by atoms with E-state index in [0.717, 1.165) is 26.2 Å². The van der Waals surface area contributed by atoms with E-state index in [0.29, 0.717) is 6.61 Å². The lowest BCUT2D eigenvalue weighted by molar-refractivity contribution is 0.163. The van der Waals surface area contributed by atoms with Crippen LogP contribution >= 0.6 is 0 Å². The van der Waals surface area contributed by atoms with Gasteiger partial charge in [-0.1, -0.05) is 42.5 Å². The molecule has 0 heterocycles. The fourth-order valence-corrected chi connectivity index (χ4v) is 1.47. The zero-order valence-corrected chi connectivity index (χ0v) is 11.4. The molecule has 0 saturated carbocycles. The van der Waals surface area contributed by atoms with Crippen LogP contribution in [-0.4, -0.2) is 51.8 Å². The van der Waals surface area contributed by atoms with Crippen LogP contribution in [0.5, 0.6) is 0 Å².